The highest BCUT2D eigenvalue weighted by atomic mass is 15.2. The van der Waals surface area contributed by atoms with E-state index in [1.54, 1.807) is 0 Å². The van der Waals surface area contributed by atoms with Crippen molar-refractivity contribution < 1.29 is 0 Å². The molecule has 0 amide bonds. The van der Waals surface area contributed by atoms with Gasteiger partial charge in [0, 0.05) is 31.3 Å². The van der Waals surface area contributed by atoms with Crippen molar-refractivity contribution in [3.63, 3.8) is 0 Å². The highest BCUT2D eigenvalue weighted by Gasteiger charge is 2.14. The fraction of sp³-hybridized carbons (Fsp3) is 0.524. The van der Waals surface area contributed by atoms with E-state index in [-0.39, 0.29) is 0 Å². The molecule has 1 aliphatic heterocycles. The van der Waals surface area contributed by atoms with Crippen LogP contribution in [-0.4, -0.2) is 55.1 Å². The average Bonchev–Trinajstić information content (AvgIpc) is 2.95. The lowest BCUT2D eigenvalue weighted by molar-refractivity contribution is 0.405. The van der Waals surface area contributed by atoms with Crippen LogP contribution in [-0.2, 0) is 0 Å². The second-order valence-corrected chi connectivity index (χ2v) is 7.29. The summed E-state index contributed by atoms with van der Waals surface area (Å²) < 4.78 is 0. The van der Waals surface area contributed by atoms with Gasteiger partial charge in [-0.05, 0) is 39.9 Å². The number of nitrogens with zero attached hydrogens (tertiary/aromatic N) is 4. The van der Waals surface area contributed by atoms with Crippen molar-refractivity contribution in [2.45, 2.75) is 32.1 Å². The molecular weight excluding hydrogens is 322 g/mol. The third-order valence-electron chi connectivity index (χ3n) is 4.78. The van der Waals surface area contributed by atoms with Crippen molar-refractivity contribution in [1.82, 2.24) is 14.9 Å². The first-order valence-corrected chi connectivity index (χ1v) is 9.80. The van der Waals surface area contributed by atoms with Gasteiger partial charge in [0.05, 0.1) is 5.69 Å². The second kappa shape index (κ2) is 9.53. The van der Waals surface area contributed by atoms with E-state index in [2.05, 4.69) is 59.5 Å². The molecule has 1 fully saturated rings. The zero-order chi connectivity index (χ0) is 18.2. The third kappa shape index (κ3) is 5.43. The average molecular weight is 354 g/mol. The molecule has 0 aliphatic carbocycles. The van der Waals surface area contributed by atoms with Crippen LogP contribution in [0.3, 0.4) is 0 Å². The van der Waals surface area contributed by atoms with Crippen molar-refractivity contribution in [3.05, 3.63) is 36.4 Å². The molecule has 26 heavy (non-hydrogen) atoms. The third-order valence-corrected chi connectivity index (χ3v) is 4.78. The van der Waals surface area contributed by atoms with E-state index in [9.17, 15) is 0 Å². The topological polar surface area (TPSA) is 44.3 Å². The van der Waals surface area contributed by atoms with Crippen LogP contribution in [0.15, 0.2) is 36.4 Å². The smallest absolute Gasteiger partial charge is 0.225 e. The minimum Gasteiger partial charge on any atom is -0.356 e. The zero-order valence-electron chi connectivity index (χ0n) is 16.1. The van der Waals surface area contributed by atoms with Gasteiger partial charge in [-0.15, -0.1) is 0 Å². The summed E-state index contributed by atoms with van der Waals surface area (Å²) in [5.41, 5.74) is 2.14. The highest BCUT2D eigenvalue weighted by molar-refractivity contribution is 5.64. The van der Waals surface area contributed by atoms with Gasteiger partial charge in [-0.2, -0.15) is 4.98 Å². The summed E-state index contributed by atoms with van der Waals surface area (Å²) in [6, 6.07) is 12.5. The monoisotopic (exact) mass is 353 g/mol. The molecule has 1 aromatic carbocycles. The van der Waals surface area contributed by atoms with Gasteiger partial charge in [0.1, 0.15) is 5.82 Å². The quantitative estimate of drug-likeness (QED) is 0.765. The lowest BCUT2D eigenvalue weighted by Crippen LogP contribution is -2.25. The summed E-state index contributed by atoms with van der Waals surface area (Å²) in [7, 11) is 4.20. The SMILES string of the molecule is CN(C)CCCNc1nc(-c2ccccc2)cc(N2CCCCCC2)n1. The van der Waals surface area contributed by atoms with Crippen LogP contribution >= 0.6 is 0 Å². The van der Waals surface area contributed by atoms with E-state index in [0.717, 1.165) is 55.6 Å². The van der Waals surface area contributed by atoms with Crippen molar-refractivity contribution in [3.8, 4) is 11.3 Å². The van der Waals surface area contributed by atoms with Crippen LogP contribution in [0.5, 0.6) is 0 Å². The molecule has 0 spiro atoms. The van der Waals surface area contributed by atoms with E-state index >= 15 is 0 Å². The number of nitrogens with one attached hydrogen (secondary N) is 1. The van der Waals surface area contributed by atoms with Crippen LogP contribution in [0.1, 0.15) is 32.1 Å². The zero-order valence-corrected chi connectivity index (χ0v) is 16.1. The standard InChI is InChI=1S/C21H31N5/c1-25(2)14-10-13-22-21-23-19(18-11-6-5-7-12-18)17-20(24-21)26-15-8-3-4-9-16-26/h5-7,11-12,17H,3-4,8-10,13-16H2,1-2H3,(H,22,23,24). The summed E-state index contributed by atoms with van der Waals surface area (Å²) >= 11 is 0. The van der Waals surface area contributed by atoms with Crippen LogP contribution in [0.4, 0.5) is 11.8 Å². The summed E-state index contributed by atoms with van der Waals surface area (Å²) in [4.78, 5) is 14.2. The molecule has 5 nitrogen and oxygen atoms in total. The van der Waals surface area contributed by atoms with Gasteiger partial charge in [-0.3, -0.25) is 0 Å². The largest absolute Gasteiger partial charge is 0.356 e. The van der Waals surface area contributed by atoms with E-state index < -0.39 is 0 Å². The molecule has 1 N–H and O–H groups in total. The number of rotatable bonds is 7. The summed E-state index contributed by atoms with van der Waals surface area (Å²) in [5, 5.41) is 3.43. The minimum absolute atomic E-state index is 0.740. The molecular formula is C21H31N5. The van der Waals surface area contributed by atoms with Crippen molar-refractivity contribution >= 4 is 11.8 Å². The number of hydrogen-bond donors (Lipinski definition) is 1. The molecule has 0 radical (unpaired) electrons. The maximum absolute atomic E-state index is 4.83. The van der Waals surface area contributed by atoms with E-state index in [0.29, 0.717) is 0 Å². The minimum atomic E-state index is 0.740. The maximum Gasteiger partial charge on any atom is 0.225 e. The molecule has 1 aromatic heterocycles. The van der Waals surface area contributed by atoms with Gasteiger partial charge in [0.2, 0.25) is 5.95 Å². The molecule has 0 unspecified atom stereocenters. The van der Waals surface area contributed by atoms with Crippen LogP contribution in [0, 0.1) is 0 Å². The van der Waals surface area contributed by atoms with E-state index in [1.165, 1.54) is 25.7 Å². The number of benzene rings is 1. The fourth-order valence-corrected chi connectivity index (χ4v) is 3.33. The molecule has 1 aliphatic rings. The first-order valence-electron chi connectivity index (χ1n) is 9.80. The first-order chi connectivity index (χ1) is 12.7. The first kappa shape index (κ1) is 18.6. The fourth-order valence-electron chi connectivity index (χ4n) is 3.33. The Kier molecular flexibility index (Phi) is 6.83. The van der Waals surface area contributed by atoms with Crippen LogP contribution in [0.25, 0.3) is 11.3 Å². The normalized spacial score (nSPS) is 15.1. The molecule has 0 atom stereocenters. The Hall–Kier alpha value is -2.14. The molecule has 0 bridgehead atoms. The molecule has 0 saturated carbocycles. The van der Waals surface area contributed by atoms with Gasteiger partial charge < -0.3 is 15.1 Å². The number of anilines is 2. The van der Waals surface area contributed by atoms with Crippen molar-refractivity contribution in [2.24, 2.45) is 0 Å². The summed E-state index contributed by atoms with van der Waals surface area (Å²) in [6.45, 7) is 4.12. The molecule has 1 saturated heterocycles. The molecule has 5 heteroatoms. The molecule has 140 valence electrons. The number of aromatic nitrogens is 2. The predicted octanol–water partition coefficient (Wildman–Crippen LogP) is 3.89. The highest BCUT2D eigenvalue weighted by Crippen LogP contribution is 2.25. The lowest BCUT2D eigenvalue weighted by atomic mass is 10.1. The second-order valence-electron chi connectivity index (χ2n) is 7.29. The number of hydrogen-bond acceptors (Lipinski definition) is 5. The van der Waals surface area contributed by atoms with E-state index in [4.69, 9.17) is 9.97 Å². The molecule has 3 rings (SSSR count). The predicted molar refractivity (Wildman–Crippen MR) is 110 cm³/mol. The van der Waals surface area contributed by atoms with Gasteiger partial charge in [0.25, 0.3) is 0 Å². The van der Waals surface area contributed by atoms with Crippen molar-refractivity contribution in [1.29, 1.82) is 0 Å². The van der Waals surface area contributed by atoms with E-state index in [1.807, 2.05) is 6.07 Å². The molecule has 2 heterocycles. The Balaban J connectivity index is 1.81. The van der Waals surface area contributed by atoms with Crippen LogP contribution in [0.2, 0.25) is 0 Å². The Labute approximate surface area is 157 Å². The summed E-state index contributed by atoms with van der Waals surface area (Å²) in [5.74, 6) is 1.79. The Bertz CT molecular complexity index is 663. The van der Waals surface area contributed by atoms with Gasteiger partial charge in [-0.25, -0.2) is 4.98 Å². The van der Waals surface area contributed by atoms with Gasteiger partial charge in [0.15, 0.2) is 0 Å². The maximum atomic E-state index is 4.83. The van der Waals surface area contributed by atoms with Gasteiger partial charge >= 0.3 is 0 Å². The molecule has 2 aromatic rings. The lowest BCUT2D eigenvalue weighted by Gasteiger charge is -2.22. The van der Waals surface area contributed by atoms with Crippen molar-refractivity contribution in [2.75, 3.05) is 50.5 Å². The Morgan fingerprint density at radius 2 is 1.73 bits per heavy atom. The van der Waals surface area contributed by atoms with Gasteiger partial charge in [-0.1, -0.05) is 43.2 Å². The van der Waals surface area contributed by atoms with Crippen LogP contribution < -0.4 is 10.2 Å². The Morgan fingerprint density at radius 3 is 2.42 bits per heavy atom. The summed E-state index contributed by atoms with van der Waals surface area (Å²) in [6.07, 6.45) is 6.21. The Morgan fingerprint density at radius 1 is 1.00 bits per heavy atom.